The van der Waals surface area contributed by atoms with Crippen molar-refractivity contribution in [2.45, 2.75) is 349 Å². The van der Waals surface area contributed by atoms with Crippen LogP contribution in [0.3, 0.4) is 0 Å². The van der Waals surface area contributed by atoms with Gasteiger partial charge in [0, 0.05) is 47.0 Å². The third-order valence-corrected chi connectivity index (χ3v) is 14.2. The van der Waals surface area contributed by atoms with E-state index >= 15 is 0 Å². The van der Waals surface area contributed by atoms with E-state index in [4.69, 9.17) is 32.5 Å². The van der Waals surface area contributed by atoms with Crippen molar-refractivity contribution in [1.29, 1.82) is 0 Å². The average Bonchev–Trinajstić information content (AvgIpc) is 3.37. The molecule has 10 heteroatoms. The molecule has 0 saturated heterocycles. The number of phenols is 1. The van der Waals surface area contributed by atoms with Crippen LogP contribution in [0.25, 0.3) is 0 Å². The quantitative estimate of drug-likeness (QED) is 0.0242. The molecule has 0 amide bonds. The van der Waals surface area contributed by atoms with Crippen LogP contribution in [0.15, 0.2) is 48.6 Å². The Morgan fingerprint density at radius 2 is 0.532 bits per heavy atom. The number of carboxylic acid groups (broad SMARTS) is 3. The van der Waals surface area contributed by atoms with Crippen LogP contribution in [0.2, 0.25) is 0 Å². The summed E-state index contributed by atoms with van der Waals surface area (Å²) in [6.45, 7) is 18.0. The molecule has 10 N–H and O–H groups in total. The van der Waals surface area contributed by atoms with Gasteiger partial charge in [0.25, 0.3) is 0 Å². The lowest BCUT2D eigenvalue weighted by Gasteiger charge is -2.30. The maximum Gasteiger partial charge on any atom is 0.303 e. The second kappa shape index (κ2) is 55.1. The second-order valence-corrected chi connectivity index (χ2v) is 24.3. The highest BCUT2D eigenvalue weighted by atomic mass is 16.4. The van der Waals surface area contributed by atoms with Crippen LogP contribution < -0.4 is 17.2 Å². The fraction of sp³-hybridized carbons (Fsp3) is 0.783. The first kappa shape index (κ1) is 79.8. The maximum absolute atomic E-state index is 10.4. The van der Waals surface area contributed by atoms with Crippen molar-refractivity contribution in [2.24, 2.45) is 17.2 Å². The molecule has 0 aliphatic heterocycles. The van der Waals surface area contributed by atoms with Crippen LogP contribution >= 0.6 is 0 Å². The number of nitrogens with two attached hydrogens (primary N) is 3. The lowest BCUT2D eigenvalue weighted by molar-refractivity contribution is -0.138. The van der Waals surface area contributed by atoms with E-state index in [0.717, 1.165) is 44.1 Å². The molecule has 0 unspecified atom stereocenters. The van der Waals surface area contributed by atoms with Crippen molar-refractivity contribution in [1.82, 2.24) is 0 Å². The number of aliphatic carboxylic acids is 3. The van der Waals surface area contributed by atoms with Crippen LogP contribution in [0.4, 0.5) is 0 Å². The normalized spacial score (nSPS) is 11.8. The molecule has 462 valence electrons. The van der Waals surface area contributed by atoms with Crippen molar-refractivity contribution in [3.05, 3.63) is 65.3 Å². The Balaban J connectivity index is -0.000000975. The highest BCUT2D eigenvalue weighted by Gasteiger charge is 2.29. The largest absolute Gasteiger partial charge is 0.507 e. The van der Waals surface area contributed by atoms with Gasteiger partial charge >= 0.3 is 17.9 Å². The van der Waals surface area contributed by atoms with E-state index in [-0.39, 0.29) is 5.75 Å². The number of unbranched alkanes of at least 4 members (excludes halogenated alkanes) is 33. The summed E-state index contributed by atoms with van der Waals surface area (Å²) in [7, 11) is 0. The van der Waals surface area contributed by atoms with E-state index < -0.39 is 34.5 Å². The molecule has 0 aliphatic carbocycles. The highest BCUT2D eigenvalue weighted by molar-refractivity contribution is 5.67. The smallest absolute Gasteiger partial charge is 0.303 e. The Hall–Kier alpha value is -3.47. The summed E-state index contributed by atoms with van der Waals surface area (Å²) >= 11 is 0. The number of phenolic OH excluding ortho intramolecular Hbond substituents is 1. The number of benzene rings is 1. The predicted molar refractivity (Wildman–Crippen MR) is 341 cm³/mol. The summed E-state index contributed by atoms with van der Waals surface area (Å²) in [6.07, 6.45) is 63.7. The molecule has 0 aliphatic rings. The van der Waals surface area contributed by atoms with E-state index in [9.17, 15) is 19.5 Å². The molecule has 0 bridgehead atoms. The topological polar surface area (TPSA) is 210 Å². The zero-order valence-electron chi connectivity index (χ0n) is 53.1. The summed E-state index contributed by atoms with van der Waals surface area (Å²) in [6, 6.07) is 3.73. The molecule has 0 atom stereocenters. The average molecular weight is 1110 g/mol. The first-order valence-electron chi connectivity index (χ1n) is 32.4. The van der Waals surface area contributed by atoms with Gasteiger partial charge in [-0.2, -0.15) is 0 Å². The fourth-order valence-corrected chi connectivity index (χ4v) is 9.03. The SMILES string of the molecule is CC(C)(N)c1cc(C(C)(C)N)c(O)c(C(C)(C)N)c1.CCCCCCCC/C=C\CCCCCCCC(=O)O.CCCCCCCC/C=C\CCCCCCCC(=O)O.CCCCCCCC/C=C\CCCCCCCC(=O)O. The summed E-state index contributed by atoms with van der Waals surface area (Å²) in [5, 5.41) is 36.0. The van der Waals surface area contributed by atoms with Gasteiger partial charge in [-0.25, -0.2) is 0 Å². The van der Waals surface area contributed by atoms with Gasteiger partial charge in [0.2, 0.25) is 0 Å². The predicted octanol–water partition coefficient (Wildman–Crippen LogP) is 20.3. The lowest BCUT2D eigenvalue weighted by atomic mass is 9.81. The molecule has 1 aromatic rings. The molecule has 0 aromatic heterocycles. The van der Waals surface area contributed by atoms with Crippen LogP contribution in [0, 0.1) is 0 Å². The number of aromatic hydroxyl groups is 1. The zero-order valence-corrected chi connectivity index (χ0v) is 53.1. The van der Waals surface area contributed by atoms with Gasteiger partial charge in [-0.15, -0.1) is 0 Å². The molecule has 0 fully saturated rings. The molecule has 1 aromatic carbocycles. The minimum absolute atomic E-state index is 0.160. The first-order valence-corrected chi connectivity index (χ1v) is 32.4. The van der Waals surface area contributed by atoms with Crippen LogP contribution in [0.5, 0.6) is 5.75 Å². The third kappa shape index (κ3) is 59.0. The summed E-state index contributed by atoms with van der Waals surface area (Å²) < 4.78 is 0. The molecule has 0 heterocycles. The number of hydrogen-bond donors (Lipinski definition) is 7. The summed E-state index contributed by atoms with van der Waals surface area (Å²) in [5.74, 6) is -1.83. The van der Waals surface area contributed by atoms with E-state index in [1.54, 1.807) is 0 Å². The van der Waals surface area contributed by atoms with Gasteiger partial charge in [0.1, 0.15) is 5.75 Å². The summed E-state index contributed by atoms with van der Waals surface area (Å²) in [4.78, 5) is 31.0. The summed E-state index contributed by atoms with van der Waals surface area (Å²) in [5.41, 5.74) is 18.8. The van der Waals surface area contributed by atoms with Crippen LogP contribution in [-0.4, -0.2) is 38.3 Å². The monoisotopic (exact) mass is 1110 g/mol. The van der Waals surface area contributed by atoms with Crippen LogP contribution in [-0.2, 0) is 31.0 Å². The number of hydrogen-bond acceptors (Lipinski definition) is 7. The van der Waals surface area contributed by atoms with E-state index in [0.29, 0.717) is 30.4 Å². The second-order valence-electron chi connectivity index (χ2n) is 24.3. The standard InChI is InChI=1S/3C18H34O2.C15H27N3O/c3*1-2-3-4-5-6-7-8-9-10-11-12-13-14-15-16-17-18(19)20;1-13(2,16)9-7-10(14(3,4)17)12(19)11(8-9)15(5,6)18/h3*9-10H,2-8,11-17H2,1H3,(H,19,20);7-8,19H,16-18H2,1-6H3/b3*10-9-;. The minimum Gasteiger partial charge on any atom is -0.507 e. The fourth-order valence-electron chi connectivity index (χ4n) is 9.03. The lowest BCUT2D eigenvalue weighted by Crippen LogP contribution is -2.35. The first-order chi connectivity index (χ1) is 37.6. The van der Waals surface area contributed by atoms with Gasteiger partial charge < -0.3 is 37.6 Å². The number of allylic oxidation sites excluding steroid dienone is 6. The van der Waals surface area contributed by atoms with Gasteiger partial charge in [-0.05, 0) is 156 Å². The molecule has 0 radical (unpaired) electrons. The van der Waals surface area contributed by atoms with Crippen molar-refractivity contribution in [3.8, 4) is 5.75 Å². The van der Waals surface area contributed by atoms with E-state index in [1.807, 2.05) is 53.7 Å². The van der Waals surface area contributed by atoms with E-state index in [1.165, 1.54) is 212 Å². The molecule has 0 saturated carbocycles. The Morgan fingerprint density at radius 1 is 0.342 bits per heavy atom. The molecule has 10 nitrogen and oxygen atoms in total. The Kier molecular flexibility index (Phi) is 55.6. The van der Waals surface area contributed by atoms with E-state index in [2.05, 4.69) is 57.2 Å². The molecule has 79 heavy (non-hydrogen) atoms. The molecule has 1 rings (SSSR count). The highest BCUT2D eigenvalue weighted by Crippen LogP contribution is 2.38. The van der Waals surface area contributed by atoms with Crippen molar-refractivity contribution in [2.75, 3.05) is 0 Å². The maximum atomic E-state index is 10.4. The molecular weight excluding hydrogens is 983 g/mol. The minimum atomic E-state index is -0.664. The zero-order chi connectivity index (χ0) is 59.9. The van der Waals surface area contributed by atoms with Crippen molar-refractivity contribution >= 4 is 17.9 Å². The molecule has 0 spiro atoms. The van der Waals surface area contributed by atoms with Crippen LogP contribution in [0.1, 0.15) is 349 Å². The Labute approximate surface area is 487 Å². The van der Waals surface area contributed by atoms with Gasteiger partial charge in [-0.3, -0.25) is 14.4 Å². The Morgan fingerprint density at radius 3 is 0.709 bits per heavy atom. The number of rotatable bonds is 48. The van der Waals surface area contributed by atoms with Gasteiger partial charge in [-0.1, -0.05) is 211 Å². The Bertz CT molecular complexity index is 1500. The van der Waals surface area contributed by atoms with Crippen molar-refractivity contribution < 1.29 is 34.8 Å². The number of carbonyl (C=O) groups is 3. The van der Waals surface area contributed by atoms with Gasteiger partial charge in [0.15, 0.2) is 0 Å². The van der Waals surface area contributed by atoms with Crippen molar-refractivity contribution in [3.63, 3.8) is 0 Å². The molecular formula is C69H129N3O7. The third-order valence-electron chi connectivity index (χ3n) is 14.2. The van der Waals surface area contributed by atoms with Gasteiger partial charge in [0.05, 0.1) is 0 Å². The number of carboxylic acids is 3.